The number of hydrogen-bond acceptors (Lipinski definition) is 4. The molecule has 0 amide bonds. The van der Waals surface area contributed by atoms with Gasteiger partial charge in [0.1, 0.15) is 22.9 Å². The number of rotatable bonds is 8. The number of halogens is 4. The van der Waals surface area contributed by atoms with Gasteiger partial charge < -0.3 is 14.6 Å². The number of aromatic hydroxyl groups is 1. The summed E-state index contributed by atoms with van der Waals surface area (Å²) in [6.45, 7) is 3.55. The Morgan fingerprint density at radius 2 is 1.77 bits per heavy atom. The van der Waals surface area contributed by atoms with Crippen LogP contribution in [-0.4, -0.2) is 31.0 Å². The molecule has 1 unspecified atom stereocenters. The van der Waals surface area contributed by atoms with Gasteiger partial charge in [-0.15, -0.1) is 0 Å². The number of carbonyl (C=O) groups excluding carboxylic acids is 1. The molecular weight excluding hydrogens is 416 g/mol. The Kier molecular flexibility index (Phi) is 8.24. The van der Waals surface area contributed by atoms with Crippen LogP contribution in [-0.2, 0) is 11.2 Å². The highest BCUT2D eigenvalue weighted by molar-refractivity contribution is 5.98. The molecule has 0 heterocycles. The maximum Gasteiger partial charge on any atom is 0.342 e. The Morgan fingerprint density at radius 1 is 1.13 bits per heavy atom. The van der Waals surface area contributed by atoms with Gasteiger partial charge in [0.2, 0.25) is 0 Å². The van der Waals surface area contributed by atoms with Crippen LogP contribution >= 0.6 is 0 Å². The Labute approximate surface area is 177 Å². The van der Waals surface area contributed by atoms with E-state index in [4.69, 9.17) is 9.47 Å². The average molecular weight is 438 g/mol. The summed E-state index contributed by atoms with van der Waals surface area (Å²) in [5.41, 5.74) is 1.17. The number of methoxy groups -OCH3 is 1. The minimum Gasteiger partial charge on any atom is -0.507 e. The number of esters is 1. The molecule has 31 heavy (non-hydrogen) atoms. The molecule has 2 aromatic carbocycles. The number of benzene rings is 2. The van der Waals surface area contributed by atoms with Crippen molar-refractivity contribution in [3.8, 4) is 11.5 Å². The van der Waals surface area contributed by atoms with Crippen LogP contribution in [0.15, 0.2) is 42.0 Å². The normalized spacial score (nSPS) is 12.1. The Hall–Kier alpha value is -3.29. The Balaban J connectivity index is 2.65. The van der Waals surface area contributed by atoms with Crippen molar-refractivity contribution in [2.75, 3.05) is 7.11 Å². The van der Waals surface area contributed by atoms with Gasteiger partial charge in [-0.3, -0.25) is 0 Å². The second-order valence-corrected chi connectivity index (χ2v) is 6.83. The van der Waals surface area contributed by atoms with E-state index in [1.54, 1.807) is 19.9 Å². The minimum atomic E-state index is -3.41. The predicted molar refractivity (Wildman–Crippen MR) is 109 cm³/mol. The molecule has 0 aliphatic heterocycles. The van der Waals surface area contributed by atoms with Crippen molar-refractivity contribution < 1.29 is 36.9 Å². The van der Waals surface area contributed by atoms with Crippen LogP contribution in [0.1, 0.15) is 40.9 Å². The molecule has 1 atom stereocenters. The molecule has 2 rings (SSSR count). The summed E-state index contributed by atoms with van der Waals surface area (Å²) >= 11 is 0. The van der Waals surface area contributed by atoms with E-state index in [-0.39, 0.29) is 28.9 Å². The van der Waals surface area contributed by atoms with E-state index in [2.05, 4.69) is 0 Å². The van der Waals surface area contributed by atoms with Crippen molar-refractivity contribution in [1.29, 1.82) is 0 Å². The first kappa shape index (κ1) is 24.0. The van der Waals surface area contributed by atoms with Gasteiger partial charge in [-0.2, -0.15) is 4.39 Å². The van der Waals surface area contributed by atoms with E-state index >= 15 is 0 Å². The summed E-state index contributed by atoms with van der Waals surface area (Å²) in [4.78, 5) is 12.3. The Bertz CT molecular complexity index is 978. The van der Waals surface area contributed by atoms with Crippen LogP contribution in [0.2, 0.25) is 0 Å². The topological polar surface area (TPSA) is 55.8 Å². The van der Waals surface area contributed by atoms with E-state index in [1.807, 2.05) is 0 Å². The first-order valence-corrected chi connectivity index (χ1v) is 9.27. The highest BCUT2D eigenvalue weighted by Crippen LogP contribution is 2.37. The zero-order valence-electron chi connectivity index (χ0n) is 17.2. The van der Waals surface area contributed by atoms with Gasteiger partial charge in [0.05, 0.1) is 7.11 Å². The molecule has 166 valence electrons. The molecule has 0 aromatic heterocycles. The second-order valence-electron chi connectivity index (χ2n) is 6.83. The average Bonchev–Trinajstić information content (AvgIpc) is 2.72. The first-order chi connectivity index (χ1) is 14.6. The fourth-order valence-electron chi connectivity index (χ4n) is 2.69. The number of alkyl halides is 3. The summed E-state index contributed by atoms with van der Waals surface area (Å²) in [7, 11) is 1.11. The molecule has 0 bridgehead atoms. The lowest BCUT2D eigenvalue weighted by molar-refractivity contribution is -0.0673. The van der Waals surface area contributed by atoms with Gasteiger partial charge in [-0.1, -0.05) is 35.9 Å². The number of phenolic OH excluding ortho intramolecular Hbond substituents is 1. The van der Waals surface area contributed by atoms with Gasteiger partial charge in [-0.25, -0.2) is 18.0 Å². The van der Waals surface area contributed by atoms with Crippen LogP contribution in [0.25, 0.3) is 12.2 Å². The maximum atomic E-state index is 13.7. The lowest BCUT2D eigenvalue weighted by atomic mass is 9.97. The lowest BCUT2D eigenvalue weighted by Crippen LogP contribution is -2.20. The molecule has 1 N–H and O–H groups in total. The molecule has 0 saturated heterocycles. The summed E-state index contributed by atoms with van der Waals surface area (Å²) in [6, 6.07) is 6.57. The lowest BCUT2D eigenvalue weighted by Gasteiger charge is -2.18. The number of hydrogen-bond donors (Lipinski definition) is 1. The van der Waals surface area contributed by atoms with Gasteiger partial charge >= 0.3 is 12.4 Å². The first-order valence-electron chi connectivity index (χ1n) is 9.27. The van der Waals surface area contributed by atoms with Crippen LogP contribution in [0.5, 0.6) is 11.5 Å². The minimum absolute atomic E-state index is 0.00537. The smallest absolute Gasteiger partial charge is 0.342 e. The quantitative estimate of drug-likeness (QED) is 0.240. The number of carbonyl (C=O) groups is 1. The molecule has 0 radical (unpaired) electrons. The van der Waals surface area contributed by atoms with Crippen LogP contribution in [0.3, 0.4) is 0 Å². The fourth-order valence-corrected chi connectivity index (χ4v) is 2.69. The number of phenols is 1. The van der Waals surface area contributed by atoms with Crippen LogP contribution in [0, 0.1) is 5.82 Å². The molecule has 0 aliphatic rings. The second kappa shape index (κ2) is 10.7. The van der Waals surface area contributed by atoms with Gasteiger partial charge in [0.15, 0.2) is 0 Å². The van der Waals surface area contributed by atoms with Gasteiger partial charge in [0, 0.05) is 5.56 Å². The van der Waals surface area contributed by atoms with E-state index in [0.717, 1.165) is 12.7 Å². The van der Waals surface area contributed by atoms with Crippen LogP contribution in [0.4, 0.5) is 17.6 Å². The fraction of sp³-hybridized carbons (Fsp3) is 0.261. The van der Waals surface area contributed by atoms with Crippen molar-refractivity contribution in [2.24, 2.45) is 0 Å². The summed E-state index contributed by atoms with van der Waals surface area (Å²) in [5.74, 6) is -2.23. The predicted octanol–water partition coefficient (Wildman–Crippen LogP) is 5.94. The van der Waals surface area contributed by atoms with Crippen molar-refractivity contribution in [1.82, 2.24) is 0 Å². The van der Waals surface area contributed by atoms with Crippen molar-refractivity contribution in [3.63, 3.8) is 0 Å². The van der Waals surface area contributed by atoms with Gasteiger partial charge in [0.25, 0.3) is 6.36 Å². The monoisotopic (exact) mass is 438 g/mol. The molecular formula is C23H22F4O4. The molecule has 0 saturated carbocycles. The third-order valence-corrected chi connectivity index (χ3v) is 4.26. The molecule has 8 heteroatoms. The molecule has 2 aromatic rings. The van der Waals surface area contributed by atoms with Gasteiger partial charge in [-0.05, 0) is 49.6 Å². The van der Waals surface area contributed by atoms with Crippen molar-refractivity contribution >= 4 is 18.1 Å². The third-order valence-electron chi connectivity index (χ3n) is 4.26. The van der Waals surface area contributed by atoms with E-state index < -0.39 is 30.3 Å². The summed E-state index contributed by atoms with van der Waals surface area (Å²) < 4.78 is 61.7. The number of allylic oxidation sites excluding steroid dienone is 2. The largest absolute Gasteiger partial charge is 0.507 e. The molecule has 0 fully saturated rings. The van der Waals surface area contributed by atoms with E-state index in [1.165, 1.54) is 42.5 Å². The molecule has 0 spiro atoms. The van der Waals surface area contributed by atoms with Crippen LogP contribution < -0.4 is 4.74 Å². The highest BCUT2D eigenvalue weighted by atomic mass is 19.3. The zero-order chi connectivity index (χ0) is 23.1. The van der Waals surface area contributed by atoms with Crippen molar-refractivity contribution in [2.45, 2.75) is 33.1 Å². The van der Waals surface area contributed by atoms with Crippen molar-refractivity contribution in [3.05, 3.63) is 70.1 Å². The zero-order valence-corrected chi connectivity index (χ0v) is 17.2. The SMILES string of the molecule is COC(=O)c1c(C=Cc2ccc(F)cc2)cc(OC(F)C(F)F)c(CC=C(C)C)c1O. The standard InChI is InChI=1S/C23H22F4O4/c1-13(2)4-11-17-18(31-22(27)21(25)26)12-15(19(20(17)28)23(29)30-3)8-5-14-6-9-16(24)10-7-14/h4-10,12,21-22,28H,11H2,1-3H3. The summed E-state index contributed by atoms with van der Waals surface area (Å²) in [6.07, 6.45) is -1.79. The Morgan fingerprint density at radius 3 is 2.32 bits per heavy atom. The molecule has 0 aliphatic carbocycles. The summed E-state index contributed by atoms with van der Waals surface area (Å²) in [5, 5.41) is 10.7. The van der Waals surface area contributed by atoms with E-state index in [0.29, 0.717) is 5.56 Å². The van der Waals surface area contributed by atoms with E-state index in [9.17, 15) is 27.5 Å². The maximum absolute atomic E-state index is 13.7. The number of ether oxygens (including phenoxy) is 2. The third kappa shape index (κ3) is 6.34. The molecule has 4 nitrogen and oxygen atoms in total. The highest BCUT2D eigenvalue weighted by Gasteiger charge is 2.27.